The van der Waals surface area contributed by atoms with Crippen LogP contribution < -0.4 is 0 Å². The van der Waals surface area contributed by atoms with Crippen LogP contribution in [0.2, 0.25) is 0 Å². The van der Waals surface area contributed by atoms with E-state index >= 15 is 0 Å². The Bertz CT molecular complexity index is 228. The first kappa shape index (κ1) is 13.5. The lowest BCUT2D eigenvalue weighted by molar-refractivity contribution is -0.228. The van der Waals surface area contributed by atoms with Gasteiger partial charge in [0.25, 0.3) is 0 Å². The summed E-state index contributed by atoms with van der Waals surface area (Å²) >= 11 is 0. The van der Waals surface area contributed by atoms with Gasteiger partial charge in [-0.05, 0) is 13.8 Å². The fourth-order valence-electron chi connectivity index (χ4n) is 0.580. The first-order valence-electron chi connectivity index (χ1n) is 3.87. The molecule has 0 aromatic carbocycles. The standard InChI is InChI=1S/C6H13O7P/c1-4-10-13-14(8,9)12-6(3)11-5(2)7/h6H,4H2,1-3H3,(H,8,9). The summed E-state index contributed by atoms with van der Waals surface area (Å²) in [7, 11) is -4.32. The summed E-state index contributed by atoms with van der Waals surface area (Å²) in [6.07, 6.45) is -1.18. The number of hydrogen-bond acceptors (Lipinski definition) is 6. The van der Waals surface area contributed by atoms with Crippen molar-refractivity contribution in [2.75, 3.05) is 6.61 Å². The summed E-state index contributed by atoms with van der Waals surface area (Å²) in [4.78, 5) is 23.6. The van der Waals surface area contributed by atoms with Gasteiger partial charge in [-0.15, -0.1) is 4.67 Å². The molecule has 0 bridgehead atoms. The molecule has 0 aromatic rings. The summed E-state index contributed by atoms with van der Waals surface area (Å²) in [5.41, 5.74) is 0. The fraction of sp³-hybridized carbons (Fsp3) is 0.833. The molecule has 0 amide bonds. The zero-order valence-electron chi connectivity index (χ0n) is 8.13. The van der Waals surface area contributed by atoms with Crippen molar-refractivity contribution in [3.05, 3.63) is 0 Å². The van der Waals surface area contributed by atoms with E-state index in [0.29, 0.717) is 0 Å². The fourth-order valence-corrected chi connectivity index (χ4v) is 1.27. The maximum absolute atomic E-state index is 11.0. The van der Waals surface area contributed by atoms with Gasteiger partial charge in [-0.3, -0.25) is 4.79 Å². The Morgan fingerprint density at radius 3 is 2.57 bits per heavy atom. The zero-order valence-corrected chi connectivity index (χ0v) is 9.02. The molecule has 0 spiro atoms. The van der Waals surface area contributed by atoms with Crippen LogP contribution in [0.25, 0.3) is 0 Å². The van der Waals surface area contributed by atoms with Crippen LogP contribution in [0.4, 0.5) is 0 Å². The number of rotatable bonds is 6. The molecule has 7 nitrogen and oxygen atoms in total. The van der Waals surface area contributed by atoms with E-state index in [0.717, 1.165) is 6.92 Å². The number of phosphoric acid groups is 1. The highest BCUT2D eigenvalue weighted by atomic mass is 31.2. The van der Waals surface area contributed by atoms with Crippen LogP contribution in [-0.4, -0.2) is 23.8 Å². The molecule has 1 N–H and O–H groups in total. The second-order valence-corrected chi connectivity index (χ2v) is 3.53. The van der Waals surface area contributed by atoms with Gasteiger partial charge in [0.1, 0.15) is 0 Å². The molecule has 8 heteroatoms. The van der Waals surface area contributed by atoms with Gasteiger partial charge in [0, 0.05) is 6.92 Å². The van der Waals surface area contributed by atoms with Gasteiger partial charge in [0.2, 0.25) is 6.29 Å². The Hall–Kier alpha value is -0.460. The van der Waals surface area contributed by atoms with Gasteiger partial charge in [-0.25, -0.2) is 14.0 Å². The SMILES string of the molecule is CCOOP(=O)(O)OC(C)OC(C)=O. The lowest BCUT2D eigenvalue weighted by Gasteiger charge is -2.15. The van der Waals surface area contributed by atoms with Gasteiger partial charge >= 0.3 is 13.8 Å². The largest absolute Gasteiger partial charge is 0.502 e. The van der Waals surface area contributed by atoms with Gasteiger partial charge in [0.05, 0.1) is 6.61 Å². The molecule has 0 aromatic heterocycles. The summed E-state index contributed by atoms with van der Waals surface area (Å²) in [6.45, 7) is 4.08. The van der Waals surface area contributed by atoms with Gasteiger partial charge in [-0.2, -0.15) is 0 Å². The first-order valence-corrected chi connectivity index (χ1v) is 5.36. The number of esters is 1. The van der Waals surface area contributed by atoms with Crippen molar-refractivity contribution in [2.24, 2.45) is 0 Å². The Balaban J connectivity index is 3.94. The molecule has 0 radical (unpaired) electrons. The van der Waals surface area contributed by atoms with Crippen LogP contribution in [-0.2, 0) is 28.2 Å². The average molecular weight is 228 g/mol. The highest BCUT2D eigenvalue weighted by Gasteiger charge is 2.27. The summed E-state index contributed by atoms with van der Waals surface area (Å²) < 4.78 is 23.8. The topological polar surface area (TPSA) is 91.3 Å². The molecule has 2 atom stereocenters. The number of carbonyl (C=O) groups excluding carboxylic acids is 1. The molecular formula is C6H13O7P. The van der Waals surface area contributed by atoms with E-state index in [1.54, 1.807) is 6.92 Å². The third-order valence-electron chi connectivity index (χ3n) is 0.878. The maximum atomic E-state index is 11.0. The molecule has 0 heterocycles. The van der Waals surface area contributed by atoms with Crippen LogP contribution in [0, 0.1) is 0 Å². The second kappa shape index (κ2) is 6.10. The minimum Gasteiger partial charge on any atom is -0.436 e. The van der Waals surface area contributed by atoms with Gasteiger partial charge < -0.3 is 9.63 Å². The number of carbonyl (C=O) groups is 1. The molecule has 0 rings (SSSR count). The first-order chi connectivity index (χ1) is 6.37. The third kappa shape index (κ3) is 6.99. The third-order valence-corrected chi connectivity index (χ3v) is 1.74. The van der Waals surface area contributed by atoms with Crippen LogP contribution in [0.5, 0.6) is 0 Å². The molecule has 0 saturated carbocycles. The maximum Gasteiger partial charge on any atom is 0.502 e. The van der Waals surface area contributed by atoms with Gasteiger partial charge in [-0.1, -0.05) is 0 Å². The number of hydrogen-bond donors (Lipinski definition) is 1. The molecule has 0 aliphatic heterocycles. The van der Waals surface area contributed by atoms with Crippen LogP contribution >= 0.6 is 7.82 Å². The lowest BCUT2D eigenvalue weighted by atomic mass is 10.7. The number of ether oxygens (including phenoxy) is 1. The van der Waals surface area contributed by atoms with Crippen molar-refractivity contribution in [3.8, 4) is 0 Å². The summed E-state index contributed by atoms with van der Waals surface area (Å²) in [6, 6.07) is 0. The lowest BCUT2D eigenvalue weighted by Crippen LogP contribution is -2.15. The highest BCUT2D eigenvalue weighted by Crippen LogP contribution is 2.44. The van der Waals surface area contributed by atoms with Crippen molar-refractivity contribution in [1.29, 1.82) is 0 Å². The molecule has 14 heavy (non-hydrogen) atoms. The van der Waals surface area contributed by atoms with Crippen molar-refractivity contribution < 1.29 is 33.1 Å². The van der Waals surface area contributed by atoms with E-state index in [4.69, 9.17) is 4.89 Å². The summed E-state index contributed by atoms with van der Waals surface area (Å²) in [5.74, 6) is -0.631. The molecular weight excluding hydrogens is 215 g/mol. The minimum atomic E-state index is -4.32. The Morgan fingerprint density at radius 2 is 2.14 bits per heavy atom. The molecule has 0 aliphatic carbocycles. The van der Waals surface area contributed by atoms with Crippen molar-refractivity contribution >= 4 is 13.8 Å². The minimum absolute atomic E-state index is 0.0931. The van der Waals surface area contributed by atoms with Crippen molar-refractivity contribution in [1.82, 2.24) is 0 Å². The Labute approximate surface area is 81.5 Å². The molecule has 2 unspecified atom stereocenters. The van der Waals surface area contributed by atoms with E-state index in [1.807, 2.05) is 0 Å². The monoisotopic (exact) mass is 228 g/mol. The molecule has 84 valence electrons. The van der Waals surface area contributed by atoms with E-state index in [9.17, 15) is 9.36 Å². The Kier molecular flexibility index (Phi) is 5.90. The number of phosphoric ester groups is 1. The summed E-state index contributed by atoms with van der Waals surface area (Å²) in [5, 5.41) is 0. The van der Waals surface area contributed by atoms with E-state index in [-0.39, 0.29) is 6.61 Å². The predicted octanol–water partition coefficient (Wildman–Crippen LogP) is 0.981. The zero-order chi connectivity index (χ0) is 11.2. The van der Waals surface area contributed by atoms with Crippen molar-refractivity contribution in [3.63, 3.8) is 0 Å². The van der Waals surface area contributed by atoms with Gasteiger partial charge in [0.15, 0.2) is 0 Å². The van der Waals surface area contributed by atoms with Crippen LogP contribution in [0.3, 0.4) is 0 Å². The molecule has 0 aliphatic rings. The molecule has 0 saturated heterocycles. The quantitative estimate of drug-likeness (QED) is 0.238. The Morgan fingerprint density at radius 1 is 1.57 bits per heavy atom. The average Bonchev–Trinajstić information content (AvgIpc) is 1.98. The smallest absolute Gasteiger partial charge is 0.436 e. The van der Waals surface area contributed by atoms with Crippen LogP contribution in [0.1, 0.15) is 20.8 Å². The molecule has 0 fully saturated rings. The van der Waals surface area contributed by atoms with E-state index < -0.39 is 20.1 Å². The normalized spacial score (nSPS) is 17.1. The van der Waals surface area contributed by atoms with Crippen LogP contribution in [0.15, 0.2) is 0 Å². The van der Waals surface area contributed by atoms with E-state index in [1.165, 1.54) is 6.92 Å². The van der Waals surface area contributed by atoms with Crippen molar-refractivity contribution in [2.45, 2.75) is 27.1 Å². The highest BCUT2D eigenvalue weighted by molar-refractivity contribution is 7.47. The predicted molar refractivity (Wildman–Crippen MR) is 44.8 cm³/mol. The van der Waals surface area contributed by atoms with E-state index in [2.05, 4.69) is 18.8 Å². The second-order valence-electron chi connectivity index (χ2n) is 2.23.